The zero-order valence-corrected chi connectivity index (χ0v) is 9.79. The Morgan fingerprint density at radius 2 is 2.29 bits per heavy atom. The first-order chi connectivity index (χ1) is 8.18. The second-order valence-electron chi connectivity index (χ2n) is 4.80. The van der Waals surface area contributed by atoms with E-state index in [0.29, 0.717) is 0 Å². The number of hydrogen-bond donors (Lipinski definition) is 2. The van der Waals surface area contributed by atoms with Crippen LogP contribution in [0.5, 0.6) is 0 Å². The molecule has 0 fully saturated rings. The molecule has 1 aromatic carbocycles. The quantitative estimate of drug-likeness (QED) is 0.789. The van der Waals surface area contributed by atoms with Gasteiger partial charge in [0.1, 0.15) is 0 Å². The molecule has 1 unspecified atom stereocenters. The second-order valence-corrected chi connectivity index (χ2v) is 4.80. The van der Waals surface area contributed by atoms with E-state index in [1.54, 1.807) is 0 Å². The Hall–Kier alpha value is -1.77. The average molecular weight is 229 g/mol. The van der Waals surface area contributed by atoms with Crippen LogP contribution in [0.3, 0.4) is 0 Å². The number of H-pyrrole nitrogens is 1. The number of rotatable bonds is 1. The van der Waals surface area contributed by atoms with Gasteiger partial charge in [0.2, 0.25) is 0 Å². The van der Waals surface area contributed by atoms with Crippen LogP contribution < -0.4 is 0 Å². The SMILES string of the molecule is Cc1cccc2c3c([nH]c12)C(C(=O)O)CCC3. The molecule has 0 saturated carbocycles. The van der Waals surface area contributed by atoms with Crippen molar-refractivity contribution in [1.82, 2.24) is 4.98 Å². The molecule has 0 aliphatic heterocycles. The minimum atomic E-state index is -0.713. The standard InChI is InChI=1S/C14H15NO2/c1-8-4-2-5-9-10-6-3-7-11(14(16)17)13(10)15-12(8)9/h2,4-5,11,15H,3,6-7H2,1H3,(H,16,17). The highest BCUT2D eigenvalue weighted by atomic mass is 16.4. The maximum atomic E-state index is 11.3. The van der Waals surface area contributed by atoms with E-state index < -0.39 is 5.97 Å². The fraction of sp³-hybridized carbons (Fsp3) is 0.357. The summed E-state index contributed by atoms with van der Waals surface area (Å²) < 4.78 is 0. The summed E-state index contributed by atoms with van der Waals surface area (Å²) in [6, 6.07) is 6.18. The van der Waals surface area contributed by atoms with Crippen molar-refractivity contribution in [1.29, 1.82) is 0 Å². The Bertz CT molecular complexity index is 598. The molecule has 1 atom stereocenters. The molecule has 1 aliphatic rings. The van der Waals surface area contributed by atoms with Gasteiger partial charge in [-0.05, 0) is 37.3 Å². The molecule has 1 aromatic heterocycles. The average Bonchev–Trinajstić information content (AvgIpc) is 2.69. The maximum absolute atomic E-state index is 11.3. The lowest BCUT2D eigenvalue weighted by Gasteiger charge is -2.18. The number of nitrogens with one attached hydrogen (secondary N) is 1. The molecule has 0 spiro atoms. The van der Waals surface area contributed by atoms with Crippen molar-refractivity contribution >= 4 is 16.9 Å². The smallest absolute Gasteiger partial charge is 0.312 e. The van der Waals surface area contributed by atoms with Crippen LogP contribution in [0.1, 0.15) is 35.6 Å². The van der Waals surface area contributed by atoms with E-state index in [1.807, 2.05) is 6.07 Å². The number of carbonyl (C=O) groups is 1. The molecule has 0 bridgehead atoms. The van der Waals surface area contributed by atoms with Gasteiger partial charge in [-0.3, -0.25) is 4.79 Å². The molecule has 0 radical (unpaired) electrons. The third kappa shape index (κ3) is 1.46. The first-order valence-electron chi connectivity index (χ1n) is 6.01. The van der Waals surface area contributed by atoms with Crippen LogP contribution >= 0.6 is 0 Å². The number of aryl methyl sites for hydroxylation is 2. The van der Waals surface area contributed by atoms with Gasteiger partial charge in [-0.1, -0.05) is 18.2 Å². The van der Waals surface area contributed by atoms with E-state index in [4.69, 9.17) is 0 Å². The topological polar surface area (TPSA) is 53.1 Å². The maximum Gasteiger partial charge on any atom is 0.312 e. The van der Waals surface area contributed by atoms with Crippen molar-refractivity contribution in [3.63, 3.8) is 0 Å². The lowest BCUT2D eigenvalue weighted by atomic mass is 9.87. The molecule has 17 heavy (non-hydrogen) atoms. The summed E-state index contributed by atoms with van der Waals surface area (Å²) in [6.07, 6.45) is 2.70. The molecule has 1 heterocycles. The predicted octanol–water partition coefficient (Wildman–Crippen LogP) is 2.98. The van der Waals surface area contributed by atoms with Crippen LogP contribution in [0.2, 0.25) is 0 Å². The zero-order valence-electron chi connectivity index (χ0n) is 9.79. The van der Waals surface area contributed by atoms with Gasteiger partial charge in [0, 0.05) is 16.6 Å². The summed E-state index contributed by atoms with van der Waals surface area (Å²) >= 11 is 0. The molecule has 0 saturated heterocycles. The normalized spacial score (nSPS) is 19.2. The summed E-state index contributed by atoms with van der Waals surface area (Å²) in [7, 11) is 0. The van der Waals surface area contributed by atoms with Gasteiger partial charge in [-0.15, -0.1) is 0 Å². The number of benzene rings is 1. The lowest BCUT2D eigenvalue weighted by Crippen LogP contribution is -2.17. The number of carboxylic acids is 1. The molecule has 88 valence electrons. The van der Waals surface area contributed by atoms with Gasteiger partial charge >= 0.3 is 5.97 Å². The van der Waals surface area contributed by atoms with Crippen molar-refractivity contribution < 1.29 is 9.90 Å². The summed E-state index contributed by atoms with van der Waals surface area (Å²) in [6.45, 7) is 2.06. The van der Waals surface area contributed by atoms with E-state index >= 15 is 0 Å². The Labute approximate surface area is 99.5 Å². The summed E-state index contributed by atoms with van der Waals surface area (Å²) in [5.41, 5.74) is 4.42. The van der Waals surface area contributed by atoms with Crippen molar-refractivity contribution in [3.05, 3.63) is 35.0 Å². The van der Waals surface area contributed by atoms with Crippen LogP contribution in [0.4, 0.5) is 0 Å². The van der Waals surface area contributed by atoms with Crippen LogP contribution in [0, 0.1) is 6.92 Å². The molecule has 2 N–H and O–H groups in total. The highest BCUT2D eigenvalue weighted by Crippen LogP contribution is 2.36. The van der Waals surface area contributed by atoms with E-state index in [2.05, 4.69) is 24.0 Å². The molecule has 0 amide bonds. The molecular formula is C14H15NO2. The Kier molecular flexibility index (Phi) is 2.21. The molecule has 1 aliphatic carbocycles. The fourth-order valence-electron chi connectivity index (χ4n) is 2.88. The zero-order chi connectivity index (χ0) is 12.0. The first-order valence-corrected chi connectivity index (χ1v) is 6.01. The van der Waals surface area contributed by atoms with Gasteiger partial charge in [0.15, 0.2) is 0 Å². The van der Waals surface area contributed by atoms with Crippen LogP contribution in [-0.4, -0.2) is 16.1 Å². The summed E-state index contributed by atoms with van der Waals surface area (Å²) in [5, 5.41) is 10.5. The summed E-state index contributed by atoms with van der Waals surface area (Å²) in [4.78, 5) is 14.6. The molecule has 3 rings (SSSR count). The predicted molar refractivity (Wildman–Crippen MR) is 66.4 cm³/mol. The van der Waals surface area contributed by atoms with E-state index in [-0.39, 0.29) is 5.92 Å². The van der Waals surface area contributed by atoms with Crippen LogP contribution in [0.25, 0.3) is 10.9 Å². The first kappa shape index (κ1) is 10.4. The van der Waals surface area contributed by atoms with Crippen molar-refractivity contribution in [2.75, 3.05) is 0 Å². The van der Waals surface area contributed by atoms with Gasteiger partial charge in [0.05, 0.1) is 5.92 Å². The molecular weight excluding hydrogens is 214 g/mol. The van der Waals surface area contributed by atoms with Crippen molar-refractivity contribution in [2.24, 2.45) is 0 Å². The second kappa shape index (κ2) is 3.62. The number of aromatic amines is 1. The third-order valence-corrected chi connectivity index (χ3v) is 3.75. The van der Waals surface area contributed by atoms with Crippen LogP contribution in [0.15, 0.2) is 18.2 Å². The monoisotopic (exact) mass is 229 g/mol. The highest BCUT2D eigenvalue weighted by molar-refractivity contribution is 5.90. The van der Waals surface area contributed by atoms with Crippen molar-refractivity contribution in [3.8, 4) is 0 Å². The fourth-order valence-corrected chi connectivity index (χ4v) is 2.88. The van der Waals surface area contributed by atoms with Gasteiger partial charge in [0.25, 0.3) is 0 Å². The Balaban J connectivity index is 2.28. The summed E-state index contributed by atoms with van der Waals surface area (Å²) in [5.74, 6) is -1.07. The number of aromatic nitrogens is 1. The van der Waals surface area contributed by atoms with E-state index in [1.165, 1.54) is 16.5 Å². The molecule has 3 heteroatoms. The minimum absolute atomic E-state index is 0.356. The van der Waals surface area contributed by atoms with Crippen molar-refractivity contribution in [2.45, 2.75) is 32.1 Å². The lowest BCUT2D eigenvalue weighted by molar-refractivity contribution is -0.139. The van der Waals surface area contributed by atoms with E-state index in [9.17, 15) is 9.90 Å². The number of fused-ring (bicyclic) bond motifs is 3. The largest absolute Gasteiger partial charge is 0.481 e. The molecule has 2 aromatic rings. The van der Waals surface area contributed by atoms with Gasteiger partial charge in [-0.25, -0.2) is 0 Å². The van der Waals surface area contributed by atoms with Gasteiger partial charge in [-0.2, -0.15) is 0 Å². The number of hydrogen-bond acceptors (Lipinski definition) is 1. The highest BCUT2D eigenvalue weighted by Gasteiger charge is 2.29. The van der Waals surface area contributed by atoms with Crippen LogP contribution in [-0.2, 0) is 11.2 Å². The van der Waals surface area contributed by atoms with Gasteiger partial charge < -0.3 is 10.1 Å². The van der Waals surface area contributed by atoms with E-state index in [0.717, 1.165) is 30.5 Å². The number of aliphatic carboxylic acids is 1. The number of carboxylic acid groups (broad SMARTS) is 1. The molecule has 3 nitrogen and oxygen atoms in total. The number of para-hydroxylation sites is 1. The third-order valence-electron chi connectivity index (χ3n) is 3.75. The Morgan fingerprint density at radius 3 is 3.06 bits per heavy atom. The minimum Gasteiger partial charge on any atom is -0.481 e. The Morgan fingerprint density at radius 1 is 1.47 bits per heavy atom.